The largest absolute Gasteiger partial charge is 0.495 e. The van der Waals surface area contributed by atoms with E-state index in [1.165, 1.54) is 4.57 Å². The van der Waals surface area contributed by atoms with Crippen molar-refractivity contribution < 1.29 is 9.53 Å². The predicted octanol–water partition coefficient (Wildman–Crippen LogP) is 2.80. The molecule has 0 aliphatic heterocycles. The van der Waals surface area contributed by atoms with Gasteiger partial charge in [-0.05, 0) is 18.2 Å². The number of para-hydroxylation sites is 2. The van der Waals surface area contributed by atoms with Crippen molar-refractivity contribution in [3.05, 3.63) is 70.6 Å². The first-order valence-corrected chi connectivity index (χ1v) is 7.14. The Hall–Kier alpha value is -3.08. The lowest BCUT2D eigenvalue weighted by Crippen LogP contribution is -2.21. The maximum Gasteiger partial charge on any atom is 0.258 e. The average Bonchev–Trinajstić information content (AvgIpc) is 2.58. The van der Waals surface area contributed by atoms with Gasteiger partial charge in [0.1, 0.15) is 5.75 Å². The lowest BCUT2D eigenvalue weighted by molar-refractivity contribution is 0.102. The second-order valence-corrected chi connectivity index (χ2v) is 5.16. The molecule has 0 unspecified atom stereocenters. The monoisotopic (exact) mass is 308 g/mol. The summed E-state index contributed by atoms with van der Waals surface area (Å²) < 4.78 is 6.66. The van der Waals surface area contributed by atoms with Crippen molar-refractivity contribution in [2.45, 2.75) is 0 Å². The lowest BCUT2D eigenvalue weighted by Gasteiger charge is -2.12. The van der Waals surface area contributed by atoms with Crippen LogP contribution in [0.15, 0.2) is 59.5 Å². The number of hydrogen-bond acceptors (Lipinski definition) is 3. The zero-order chi connectivity index (χ0) is 16.4. The summed E-state index contributed by atoms with van der Waals surface area (Å²) in [6.45, 7) is 0. The van der Waals surface area contributed by atoms with Crippen LogP contribution in [0.3, 0.4) is 0 Å². The fraction of sp³-hybridized carbons (Fsp3) is 0.111. The van der Waals surface area contributed by atoms with Gasteiger partial charge in [-0.15, -0.1) is 0 Å². The van der Waals surface area contributed by atoms with E-state index in [1.807, 2.05) is 18.2 Å². The number of aromatic nitrogens is 1. The quantitative estimate of drug-likeness (QED) is 0.809. The molecule has 1 heterocycles. The van der Waals surface area contributed by atoms with E-state index in [4.69, 9.17) is 4.74 Å². The van der Waals surface area contributed by atoms with Crippen LogP contribution in [0.1, 0.15) is 10.4 Å². The fourth-order valence-corrected chi connectivity index (χ4v) is 2.53. The second-order valence-electron chi connectivity index (χ2n) is 5.16. The van der Waals surface area contributed by atoms with Crippen molar-refractivity contribution in [2.75, 3.05) is 12.4 Å². The number of amides is 1. The molecule has 0 fully saturated rings. The highest BCUT2D eigenvalue weighted by atomic mass is 16.5. The van der Waals surface area contributed by atoms with Crippen LogP contribution in [0.2, 0.25) is 0 Å². The van der Waals surface area contributed by atoms with E-state index >= 15 is 0 Å². The molecule has 0 bridgehead atoms. The van der Waals surface area contributed by atoms with E-state index in [2.05, 4.69) is 5.32 Å². The fourth-order valence-electron chi connectivity index (χ4n) is 2.53. The molecule has 2 aromatic carbocycles. The zero-order valence-corrected chi connectivity index (χ0v) is 12.9. The van der Waals surface area contributed by atoms with E-state index in [9.17, 15) is 9.59 Å². The Kier molecular flexibility index (Phi) is 3.85. The molecule has 0 aliphatic rings. The number of fused-ring (bicyclic) bond motifs is 1. The minimum Gasteiger partial charge on any atom is -0.495 e. The zero-order valence-electron chi connectivity index (χ0n) is 12.9. The van der Waals surface area contributed by atoms with Crippen LogP contribution in [0.25, 0.3) is 10.8 Å². The molecule has 3 rings (SSSR count). The first-order chi connectivity index (χ1) is 11.1. The molecular weight excluding hydrogens is 292 g/mol. The number of nitrogens with zero attached hydrogens (tertiary/aromatic N) is 1. The van der Waals surface area contributed by atoms with Crippen LogP contribution in [0.4, 0.5) is 5.69 Å². The number of carbonyl (C=O) groups excluding carboxylic acids is 1. The molecular formula is C18H16N2O3. The van der Waals surface area contributed by atoms with Crippen LogP contribution in [-0.4, -0.2) is 17.6 Å². The Morgan fingerprint density at radius 2 is 1.70 bits per heavy atom. The van der Waals surface area contributed by atoms with Gasteiger partial charge in [0.15, 0.2) is 0 Å². The van der Waals surface area contributed by atoms with Gasteiger partial charge in [-0.2, -0.15) is 0 Å². The molecule has 23 heavy (non-hydrogen) atoms. The number of hydrogen-bond donors (Lipinski definition) is 1. The van der Waals surface area contributed by atoms with E-state index in [0.717, 1.165) is 0 Å². The van der Waals surface area contributed by atoms with Crippen molar-refractivity contribution in [3.63, 3.8) is 0 Å². The van der Waals surface area contributed by atoms with Gasteiger partial charge >= 0.3 is 0 Å². The second kappa shape index (κ2) is 5.96. The van der Waals surface area contributed by atoms with Crippen LogP contribution < -0.4 is 15.6 Å². The average molecular weight is 308 g/mol. The summed E-state index contributed by atoms with van der Waals surface area (Å²) in [5, 5.41) is 3.98. The Morgan fingerprint density at radius 1 is 1.04 bits per heavy atom. The Labute approximate surface area is 133 Å². The van der Waals surface area contributed by atoms with Crippen molar-refractivity contribution in [3.8, 4) is 5.75 Å². The molecule has 0 atom stereocenters. The minimum absolute atomic E-state index is 0.130. The first kappa shape index (κ1) is 14.8. The standard InChI is InChI=1S/C18H16N2O3/c1-20-11-14(12-7-3-4-8-13(12)18(20)22)17(21)19-15-9-5-6-10-16(15)23-2/h3-11H,1-2H3,(H,19,21). The number of methoxy groups -OCH3 is 1. The number of pyridine rings is 1. The van der Waals surface area contributed by atoms with E-state index < -0.39 is 0 Å². The SMILES string of the molecule is COc1ccccc1NC(=O)c1cn(C)c(=O)c2ccccc12. The topological polar surface area (TPSA) is 60.3 Å². The minimum atomic E-state index is -0.290. The summed E-state index contributed by atoms with van der Waals surface area (Å²) in [5.41, 5.74) is 0.890. The molecule has 1 amide bonds. The number of nitrogens with one attached hydrogen (secondary N) is 1. The van der Waals surface area contributed by atoms with Gasteiger partial charge in [0.25, 0.3) is 11.5 Å². The highest BCUT2D eigenvalue weighted by Gasteiger charge is 2.15. The molecule has 0 radical (unpaired) electrons. The number of aryl methyl sites for hydroxylation is 1. The third-order valence-corrected chi connectivity index (χ3v) is 3.69. The summed E-state index contributed by atoms with van der Waals surface area (Å²) in [6.07, 6.45) is 1.55. The highest BCUT2D eigenvalue weighted by molar-refractivity contribution is 6.12. The van der Waals surface area contributed by atoms with Gasteiger partial charge in [-0.25, -0.2) is 0 Å². The molecule has 0 saturated heterocycles. The van der Waals surface area contributed by atoms with Gasteiger partial charge in [-0.1, -0.05) is 30.3 Å². The molecule has 1 N–H and O–H groups in total. The summed E-state index contributed by atoms with van der Waals surface area (Å²) >= 11 is 0. The molecule has 0 aliphatic carbocycles. The Morgan fingerprint density at radius 3 is 2.43 bits per heavy atom. The van der Waals surface area contributed by atoms with Crippen molar-refractivity contribution in [1.82, 2.24) is 4.57 Å². The number of rotatable bonds is 3. The van der Waals surface area contributed by atoms with Crippen LogP contribution in [0, 0.1) is 0 Å². The number of benzene rings is 2. The Balaban J connectivity index is 2.08. The molecule has 5 nitrogen and oxygen atoms in total. The van der Waals surface area contributed by atoms with Crippen LogP contribution in [0.5, 0.6) is 5.75 Å². The van der Waals surface area contributed by atoms with Crippen molar-refractivity contribution >= 4 is 22.4 Å². The summed E-state index contributed by atoms with van der Waals surface area (Å²) in [6, 6.07) is 14.3. The summed E-state index contributed by atoms with van der Waals surface area (Å²) in [5.74, 6) is 0.288. The number of carbonyl (C=O) groups is 1. The van der Waals surface area contributed by atoms with Crippen molar-refractivity contribution in [2.24, 2.45) is 7.05 Å². The van der Waals surface area contributed by atoms with Gasteiger partial charge in [-0.3, -0.25) is 9.59 Å². The molecule has 3 aromatic rings. The third-order valence-electron chi connectivity index (χ3n) is 3.69. The van der Waals surface area contributed by atoms with E-state index in [0.29, 0.717) is 27.8 Å². The first-order valence-electron chi connectivity index (χ1n) is 7.14. The summed E-state index contributed by atoms with van der Waals surface area (Å²) in [7, 11) is 3.18. The molecule has 5 heteroatoms. The molecule has 0 spiro atoms. The predicted molar refractivity (Wildman–Crippen MR) is 90.1 cm³/mol. The van der Waals surface area contributed by atoms with Crippen LogP contribution >= 0.6 is 0 Å². The third kappa shape index (κ3) is 2.68. The van der Waals surface area contributed by atoms with E-state index in [-0.39, 0.29) is 11.5 Å². The number of anilines is 1. The van der Waals surface area contributed by atoms with Crippen molar-refractivity contribution in [1.29, 1.82) is 0 Å². The highest BCUT2D eigenvalue weighted by Crippen LogP contribution is 2.24. The van der Waals surface area contributed by atoms with E-state index in [1.54, 1.807) is 50.7 Å². The maximum atomic E-state index is 12.7. The smallest absolute Gasteiger partial charge is 0.258 e. The molecule has 116 valence electrons. The normalized spacial score (nSPS) is 10.5. The van der Waals surface area contributed by atoms with Gasteiger partial charge in [0.2, 0.25) is 0 Å². The maximum absolute atomic E-state index is 12.7. The van der Waals surface area contributed by atoms with Crippen LogP contribution in [-0.2, 0) is 7.05 Å². The van der Waals surface area contributed by atoms with Gasteiger partial charge in [0.05, 0.1) is 18.4 Å². The Bertz CT molecular complexity index is 944. The van der Waals surface area contributed by atoms with Gasteiger partial charge in [0, 0.05) is 24.0 Å². The lowest BCUT2D eigenvalue weighted by atomic mass is 10.1. The summed E-state index contributed by atoms with van der Waals surface area (Å²) in [4.78, 5) is 24.9. The molecule has 1 aromatic heterocycles. The van der Waals surface area contributed by atoms with Gasteiger partial charge < -0.3 is 14.6 Å². The molecule has 0 saturated carbocycles. The number of ether oxygens (including phenoxy) is 1.